The molecule has 10 heteroatoms. The lowest BCUT2D eigenvalue weighted by molar-refractivity contribution is 0.0123. The van der Waals surface area contributed by atoms with Gasteiger partial charge in [0.1, 0.15) is 17.5 Å². The van der Waals surface area contributed by atoms with Crippen LogP contribution in [-0.4, -0.2) is 61.4 Å². The minimum absolute atomic E-state index is 0.106. The van der Waals surface area contributed by atoms with E-state index in [0.29, 0.717) is 43.2 Å². The number of nitrogens with zero attached hydrogens (tertiary/aromatic N) is 5. The second-order valence-corrected chi connectivity index (χ2v) is 10.7. The number of rotatable bonds is 5. The number of piperidine rings is 1. The Labute approximate surface area is 227 Å². The molecule has 0 bridgehead atoms. The fourth-order valence-corrected chi connectivity index (χ4v) is 4.42. The van der Waals surface area contributed by atoms with E-state index in [1.54, 1.807) is 34.1 Å². The molecule has 1 aliphatic heterocycles. The normalized spacial score (nSPS) is 14.3. The Balaban J connectivity index is 1.21. The minimum atomic E-state index is -0.527. The van der Waals surface area contributed by atoms with Crippen molar-refractivity contribution in [3.05, 3.63) is 66.7 Å². The number of hydrogen-bond donors (Lipinski definition) is 1. The van der Waals surface area contributed by atoms with Gasteiger partial charge in [-0.15, -0.1) is 0 Å². The molecule has 2 amide bonds. The van der Waals surface area contributed by atoms with Gasteiger partial charge in [0, 0.05) is 74.1 Å². The van der Waals surface area contributed by atoms with E-state index in [-0.39, 0.29) is 18.1 Å². The molecule has 202 valence electrons. The largest absolute Gasteiger partial charge is 0.474 e. The molecule has 1 fully saturated rings. The van der Waals surface area contributed by atoms with Crippen molar-refractivity contribution < 1.29 is 19.1 Å². The SMILES string of the molecule is Cn1cc(-c2ccc3cnc(NC(=O)c4ccnc(OC5CCN(C(=O)OC(C)(C)C)CC5)c4)cc3c2)cn1. The van der Waals surface area contributed by atoms with E-state index in [1.807, 2.05) is 58.4 Å². The number of amides is 2. The van der Waals surface area contributed by atoms with Gasteiger partial charge in [-0.1, -0.05) is 12.1 Å². The highest BCUT2D eigenvalue weighted by atomic mass is 16.6. The lowest BCUT2D eigenvalue weighted by Gasteiger charge is -2.33. The van der Waals surface area contributed by atoms with Crippen LogP contribution in [0.3, 0.4) is 0 Å². The Morgan fingerprint density at radius 2 is 1.77 bits per heavy atom. The molecule has 0 atom stereocenters. The molecular formula is C29H32N6O4. The molecular weight excluding hydrogens is 496 g/mol. The van der Waals surface area contributed by atoms with Crippen molar-refractivity contribution >= 4 is 28.6 Å². The smallest absolute Gasteiger partial charge is 0.410 e. The zero-order valence-electron chi connectivity index (χ0n) is 22.5. The van der Waals surface area contributed by atoms with E-state index < -0.39 is 5.60 Å². The Morgan fingerprint density at radius 3 is 2.49 bits per heavy atom. The number of fused-ring (bicyclic) bond motifs is 1. The number of hydrogen-bond acceptors (Lipinski definition) is 7. The highest BCUT2D eigenvalue weighted by molar-refractivity contribution is 6.04. The van der Waals surface area contributed by atoms with Crippen molar-refractivity contribution in [2.24, 2.45) is 7.05 Å². The fourth-order valence-electron chi connectivity index (χ4n) is 4.42. The van der Waals surface area contributed by atoms with Gasteiger partial charge in [-0.3, -0.25) is 9.48 Å². The number of aryl methyl sites for hydroxylation is 1. The second kappa shape index (κ2) is 10.7. The Bertz CT molecular complexity index is 1500. The summed E-state index contributed by atoms with van der Waals surface area (Å²) in [5.41, 5.74) is 1.94. The van der Waals surface area contributed by atoms with Crippen LogP contribution in [0.5, 0.6) is 5.88 Å². The van der Waals surface area contributed by atoms with Crippen LogP contribution in [0.2, 0.25) is 0 Å². The van der Waals surface area contributed by atoms with Gasteiger partial charge in [0.15, 0.2) is 0 Å². The van der Waals surface area contributed by atoms with Crippen LogP contribution in [0.4, 0.5) is 10.6 Å². The van der Waals surface area contributed by atoms with Crippen LogP contribution < -0.4 is 10.1 Å². The summed E-state index contributed by atoms with van der Waals surface area (Å²) < 4.78 is 13.3. The number of aromatic nitrogens is 4. The van der Waals surface area contributed by atoms with Crippen LogP contribution in [0.25, 0.3) is 21.9 Å². The highest BCUT2D eigenvalue weighted by Crippen LogP contribution is 2.26. The first-order valence-corrected chi connectivity index (χ1v) is 12.9. The summed E-state index contributed by atoms with van der Waals surface area (Å²) in [5, 5.41) is 9.04. The molecule has 4 heterocycles. The van der Waals surface area contributed by atoms with Crippen molar-refractivity contribution in [1.82, 2.24) is 24.6 Å². The number of nitrogens with one attached hydrogen (secondary N) is 1. The van der Waals surface area contributed by atoms with Gasteiger partial charge in [0.05, 0.1) is 6.20 Å². The minimum Gasteiger partial charge on any atom is -0.474 e. The van der Waals surface area contributed by atoms with Crippen LogP contribution in [-0.2, 0) is 11.8 Å². The maximum atomic E-state index is 13.0. The number of carbonyl (C=O) groups is 2. The molecule has 0 saturated carbocycles. The quantitative estimate of drug-likeness (QED) is 0.385. The summed E-state index contributed by atoms with van der Waals surface area (Å²) >= 11 is 0. The van der Waals surface area contributed by atoms with Crippen LogP contribution in [0, 0.1) is 0 Å². The molecule has 1 aromatic carbocycles. The van der Waals surface area contributed by atoms with Crippen molar-refractivity contribution in [2.75, 3.05) is 18.4 Å². The van der Waals surface area contributed by atoms with E-state index in [0.717, 1.165) is 21.9 Å². The predicted octanol–water partition coefficient (Wildman–Crippen LogP) is 5.06. The molecule has 5 rings (SSSR count). The highest BCUT2D eigenvalue weighted by Gasteiger charge is 2.28. The fraction of sp³-hybridized carbons (Fsp3) is 0.345. The zero-order chi connectivity index (χ0) is 27.6. The molecule has 1 aliphatic rings. The van der Waals surface area contributed by atoms with Gasteiger partial charge in [-0.05, 0) is 49.9 Å². The molecule has 1 N–H and O–H groups in total. The number of benzene rings is 1. The van der Waals surface area contributed by atoms with Gasteiger partial charge < -0.3 is 19.7 Å². The van der Waals surface area contributed by atoms with E-state index in [9.17, 15) is 9.59 Å². The Kier molecular flexibility index (Phi) is 7.19. The summed E-state index contributed by atoms with van der Waals surface area (Å²) in [6.45, 7) is 6.63. The van der Waals surface area contributed by atoms with E-state index >= 15 is 0 Å². The van der Waals surface area contributed by atoms with Crippen molar-refractivity contribution in [3.63, 3.8) is 0 Å². The van der Waals surface area contributed by atoms with Crippen LogP contribution in [0.1, 0.15) is 44.0 Å². The van der Waals surface area contributed by atoms with Crippen LogP contribution in [0.15, 0.2) is 61.2 Å². The predicted molar refractivity (Wildman–Crippen MR) is 148 cm³/mol. The number of carbonyl (C=O) groups excluding carboxylic acids is 2. The maximum absolute atomic E-state index is 13.0. The first kappa shape index (κ1) is 26.1. The number of ether oxygens (including phenoxy) is 2. The number of likely N-dealkylation sites (tertiary alicyclic amines) is 1. The number of pyridine rings is 2. The average molecular weight is 529 g/mol. The summed E-state index contributed by atoms with van der Waals surface area (Å²) in [5.74, 6) is 0.507. The third-order valence-corrected chi connectivity index (χ3v) is 6.38. The summed E-state index contributed by atoms with van der Waals surface area (Å²) in [6, 6.07) is 11.2. The Morgan fingerprint density at radius 1 is 0.974 bits per heavy atom. The van der Waals surface area contributed by atoms with E-state index in [4.69, 9.17) is 9.47 Å². The molecule has 0 aliphatic carbocycles. The molecule has 39 heavy (non-hydrogen) atoms. The van der Waals surface area contributed by atoms with Gasteiger partial charge in [0.2, 0.25) is 5.88 Å². The second-order valence-electron chi connectivity index (χ2n) is 10.7. The average Bonchev–Trinajstić information content (AvgIpc) is 3.34. The molecule has 0 radical (unpaired) electrons. The van der Waals surface area contributed by atoms with Gasteiger partial charge in [-0.2, -0.15) is 5.10 Å². The van der Waals surface area contributed by atoms with Crippen molar-refractivity contribution in [1.29, 1.82) is 0 Å². The van der Waals surface area contributed by atoms with Gasteiger partial charge >= 0.3 is 6.09 Å². The van der Waals surface area contributed by atoms with Gasteiger partial charge in [0.25, 0.3) is 5.91 Å². The first-order valence-electron chi connectivity index (χ1n) is 12.9. The monoisotopic (exact) mass is 528 g/mol. The zero-order valence-corrected chi connectivity index (χ0v) is 22.5. The summed E-state index contributed by atoms with van der Waals surface area (Å²) in [4.78, 5) is 35.7. The third kappa shape index (κ3) is 6.51. The first-order chi connectivity index (χ1) is 18.6. The van der Waals surface area contributed by atoms with Crippen molar-refractivity contribution in [2.45, 2.75) is 45.3 Å². The molecule has 4 aromatic rings. The molecule has 0 spiro atoms. The Hall–Kier alpha value is -4.47. The topological polar surface area (TPSA) is 111 Å². The lowest BCUT2D eigenvalue weighted by atomic mass is 10.1. The summed E-state index contributed by atoms with van der Waals surface area (Å²) in [7, 11) is 1.88. The molecule has 0 unspecified atom stereocenters. The van der Waals surface area contributed by atoms with Crippen molar-refractivity contribution in [3.8, 4) is 17.0 Å². The third-order valence-electron chi connectivity index (χ3n) is 6.38. The standard InChI is InChI=1S/C29H32N6O4/c1-29(2,3)39-28(37)35-11-8-24(9-12-35)38-26-15-20(7-10-30-26)27(36)33-25-14-22-13-19(5-6-21(22)16-31-25)23-17-32-34(4)18-23/h5-7,10,13-18,24H,8-9,11-12H2,1-4H3,(H,31,33,36). The van der Waals surface area contributed by atoms with Gasteiger partial charge in [-0.25, -0.2) is 14.8 Å². The van der Waals surface area contributed by atoms with Crippen LogP contribution >= 0.6 is 0 Å². The number of anilines is 1. The molecule has 10 nitrogen and oxygen atoms in total. The summed E-state index contributed by atoms with van der Waals surface area (Å²) in [6.07, 6.45) is 7.95. The van der Waals surface area contributed by atoms with E-state index in [1.165, 1.54) is 0 Å². The molecule has 1 saturated heterocycles. The van der Waals surface area contributed by atoms with E-state index in [2.05, 4.69) is 26.4 Å². The lowest BCUT2D eigenvalue weighted by Crippen LogP contribution is -2.44. The maximum Gasteiger partial charge on any atom is 0.410 e. The molecule has 3 aromatic heterocycles.